The van der Waals surface area contributed by atoms with Gasteiger partial charge in [0.1, 0.15) is 25.9 Å². The maximum Gasteiger partial charge on any atom is 0.332 e. The molecule has 1 fully saturated rings. The van der Waals surface area contributed by atoms with Crippen LogP contribution in [0.4, 0.5) is 0 Å². The third kappa shape index (κ3) is 9.33. The molecule has 0 spiro atoms. The van der Waals surface area contributed by atoms with E-state index in [0.29, 0.717) is 0 Å². The van der Waals surface area contributed by atoms with E-state index >= 15 is 0 Å². The Labute approximate surface area is 201 Å². The molecule has 0 radical (unpaired) electrons. The molecule has 0 unspecified atom stereocenters. The second-order valence-corrected chi connectivity index (χ2v) is 7.52. The highest BCUT2D eigenvalue weighted by molar-refractivity contribution is 5.71. The van der Waals surface area contributed by atoms with Crippen molar-refractivity contribution in [1.29, 1.82) is 0 Å². The maximum atomic E-state index is 12.2. The van der Waals surface area contributed by atoms with Gasteiger partial charge in [-0.1, -0.05) is 30.3 Å². The second-order valence-electron chi connectivity index (χ2n) is 7.52. The molecule has 1 aliphatic rings. The van der Waals surface area contributed by atoms with E-state index in [1.807, 2.05) is 6.07 Å². The van der Waals surface area contributed by atoms with Gasteiger partial charge in [-0.15, -0.1) is 0 Å². The molecular formula is C23H28O12. The first kappa shape index (κ1) is 27.7. The van der Waals surface area contributed by atoms with Crippen LogP contribution in [0.25, 0.3) is 0 Å². The molecule has 1 aromatic carbocycles. The molecular weight excluding hydrogens is 468 g/mol. The molecule has 0 amide bonds. The molecule has 2 rings (SSSR count). The van der Waals surface area contributed by atoms with Crippen LogP contribution in [-0.2, 0) is 63.7 Å². The van der Waals surface area contributed by atoms with Crippen molar-refractivity contribution in [2.24, 2.45) is 0 Å². The largest absolute Gasteiger partial charge is 0.463 e. The zero-order chi connectivity index (χ0) is 26.0. The van der Waals surface area contributed by atoms with Gasteiger partial charge in [0.15, 0.2) is 24.6 Å². The highest BCUT2D eigenvalue weighted by Gasteiger charge is 2.52. The molecule has 192 valence electrons. The molecule has 0 bridgehead atoms. The number of carbonyl (C=O) groups excluding carboxylic acids is 5. The van der Waals surface area contributed by atoms with Crippen molar-refractivity contribution < 1.29 is 57.1 Å². The van der Waals surface area contributed by atoms with Crippen molar-refractivity contribution >= 4 is 29.8 Å². The van der Waals surface area contributed by atoms with E-state index in [2.05, 4.69) is 0 Å². The summed E-state index contributed by atoms with van der Waals surface area (Å²) >= 11 is 0. The third-order valence-electron chi connectivity index (χ3n) is 4.56. The van der Waals surface area contributed by atoms with Crippen molar-refractivity contribution in [2.75, 3.05) is 13.2 Å². The number of rotatable bonds is 10. The summed E-state index contributed by atoms with van der Waals surface area (Å²) in [5.74, 6) is -3.71. The lowest BCUT2D eigenvalue weighted by Gasteiger charge is -2.43. The lowest BCUT2D eigenvalue weighted by Crippen LogP contribution is -2.63. The Morgan fingerprint density at radius 1 is 0.743 bits per heavy atom. The van der Waals surface area contributed by atoms with Crippen LogP contribution in [0.1, 0.15) is 33.3 Å². The van der Waals surface area contributed by atoms with Gasteiger partial charge in [0, 0.05) is 27.7 Å². The number of hydrogen-bond donors (Lipinski definition) is 0. The molecule has 0 N–H and O–H groups in total. The molecule has 1 aromatic rings. The normalized spacial score (nSPS) is 23.5. The monoisotopic (exact) mass is 496 g/mol. The number of esters is 5. The van der Waals surface area contributed by atoms with Gasteiger partial charge in [-0.2, -0.15) is 0 Å². The first-order valence-corrected chi connectivity index (χ1v) is 10.7. The first-order chi connectivity index (χ1) is 16.6. The minimum Gasteiger partial charge on any atom is -0.463 e. The van der Waals surface area contributed by atoms with Crippen LogP contribution in [0.3, 0.4) is 0 Å². The number of benzene rings is 1. The number of hydrogen-bond acceptors (Lipinski definition) is 12. The van der Waals surface area contributed by atoms with Crippen molar-refractivity contribution in [2.45, 2.75) is 65.0 Å². The standard InChI is InChI=1S/C23H28O12/c1-13(24)29-11-18-20(32-14(2)25)21(33-15(3)26)22(34-16(4)27)23(35-18)31-12-19(28)30-10-17-8-6-5-7-9-17/h5-9,18,20-23H,10-12H2,1-4H3/t18-,20-,21+,22+,23+/m1/s1. The number of ether oxygens (including phenoxy) is 7. The molecule has 1 saturated heterocycles. The zero-order valence-electron chi connectivity index (χ0n) is 19.8. The van der Waals surface area contributed by atoms with Gasteiger partial charge in [-0.25, -0.2) is 4.79 Å². The molecule has 5 atom stereocenters. The van der Waals surface area contributed by atoms with Gasteiger partial charge < -0.3 is 33.2 Å². The summed E-state index contributed by atoms with van der Waals surface area (Å²) in [4.78, 5) is 58.8. The van der Waals surface area contributed by atoms with Crippen LogP contribution < -0.4 is 0 Å². The summed E-state index contributed by atoms with van der Waals surface area (Å²) < 4.78 is 37.2. The molecule has 1 heterocycles. The van der Waals surface area contributed by atoms with Crippen molar-refractivity contribution in [3.63, 3.8) is 0 Å². The average Bonchev–Trinajstić information content (AvgIpc) is 2.78. The summed E-state index contributed by atoms with van der Waals surface area (Å²) in [5.41, 5.74) is 0.758. The van der Waals surface area contributed by atoms with Gasteiger partial charge >= 0.3 is 29.8 Å². The van der Waals surface area contributed by atoms with Crippen LogP contribution in [0.5, 0.6) is 0 Å². The lowest BCUT2D eigenvalue weighted by atomic mass is 9.98. The average molecular weight is 496 g/mol. The highest BCUT2D eigenvalue weighted by atomic mass is 16.7. The molecule has 35 heavy (non-hydrogen) atoms. The Balaban J connectivity index is 2.21. The molecule has 12 heteroatoms. The fourth-order valence-electron chi connectivity index (χ4n) is 3.25. The summed E-state index contributed by atoms with van der Waals surface area (Å²) in [6.45, 7) is 3.45. The fraction of sp³-hybridized carbons (Fsp3) is 0.522. The second kappa shape index (κ2) is 13.4. The maximum absolute atomic E-state index is 12.2. The van der Waals surface area contributed by atoms with Crippen LogP contribution in [0, 0.1) is 0 Å². The molecule has 0 aliphatic carbocycles. The molecule has 0 aromatic heterocycles. The van der Waals surface area contributed by atoms with Gasteiger partial charge in [0.2, 0.25) is 0 Å². The minimum absolute atomic E-state index is 0.00159. The van der Waals surface area contributed by atoms with E-state index in [4.69, 9.17) is 33.2 Å². The van der Waals surface area contributed by atoms with Crippen LogP contribution in [0.2, 0.25) is 0 Å². The summed E-state index contributed by atoms with van der Waals surface area (Å²) in [6, 6.07) is 8.94. The topological polar surface area (TPSA) is 150 Å². The third-order valence-corrected chi connectivity index (χ3v) is 4.56. The van der Waals surface area contributed by atoms with Crippen molar-refractivity contribution in [3.05, 3.63) is 35.9 Å². The summed E-state index contributed by atoms with van der Waals surface area (Å²) in [6.07, 6.45) is -6.76. The van der Waals surface area contributed by atoms with Crippen LogP contribution in [0.15, 0.2) is 30.3 Å². The predicted molar refractivity (Wildman–Crippen MR) is 114 cm³/mol. The van der Waals surface area contributed by atoms with Gasteiger partial charge in [-0.05, 0) is 5.56 Å². The smallest absolute Gasteiger partial charge is 0.332 e. The van der Waals surface area contributed by atoms with E-state index in [9.17, 15) is 24.0 Å². The highest BCUT2D eigenvalue weighted by Crippen LogP contribution is 2.30. The quantitative estimate of drug-likeness (QED) is 0.333. The Hall–Kier alpha value is -3.51. The Morgan fingerprint density at radius 2 is 1.31 bits per heavy atom. The van der Waals surface area contributed by atoms with E-state index in [0.717, 1.165) is 33.3 Å². The van der Waals surface area contributed by atoms with E-state index < -0.39 is 73.8 Å². The predicted octanol–water partition coefficient (Wildman–Crippen LogP) is 0.829. The van der Waals surface area contributed by atoms with Crippen molar-refractivity contribution in [1.82, 2.24) is 0 Å². The van der Waals surface area contributed by atoms with Crippen LogP contribution in [-0.4, -0.2) is 73.8 Å². The van der Waals surface area contributed by atoms with E-state index in [1.54, 1.807) is 24.3 Å². The lowest BCUT2D eigenvalue weighted by molar-refractivity contribution is -0.307. The Morgan fingerprint density at radius 3 is 1.89 bits per heavy atom. The van der Waals surface area contributed by atoms with E-state index in [-0.39, 0.29) is 6.61 Å². The first-order valence-electron chi connectivity index (χ1n) is 10.7. The molecule has 1 aliphatic heterocycles. The Kier molecular flexibility index (Phi) is 10.6. The van der Waals surface area contributed by atoms with Gasteiger partial charge in [0.25, 0.3) is 0 Å². The van der Waals surface area contributed by atoms with Gasteiger partial charge in [0.05, 0.1) is 0 Å². The Bertz CT molecular complexity index is 899. The fourth-order valence-corrected chi connectivity index (χ4v) is 3.25. The summed E-state index contributed by atoms with van der Waals surface area (Å²) in [7, 11) is 0. The SMILES string of the molecule is CC(=O)OC[C@H]1O[C@H](OCC(=O)OCc2ccccc2)[C@@H](OC(C)=O)[C@@H](OC(C)=O)[C@@H]1OC(C)=O. The summed E-state index contributed by atoms with van der Waals surface area (Å²) in [5, 5.41) is 0. The zero-order valence-corrected chi connectivity index (χ0v) is 19.8. The molecule has 0 saturated carbocycles. The van der Waals surface area contributed by atoms with Gasteiger partial charge in [-0.3, -0.25) is 19.2 Å². The minimum atomic E-state index is -1.46. The van der Waals surface area contributed by atoms with Crippen LogP contribution >= 0.6 is 0 Å². The number of carbonyl (C=O) groups is 5. The van der Waals surface area contributed by atoms with E-state index in [1.165, 1.54) is 0 Å². The molecule has 12 nitrogen and oxygen atoms in total. The van der Waals surface area contributed by atoms with Crippen molar-refractivity contribution in [3.8, 4) is 0 Å².